The minimum atomic E-state index is -0.315. The van der Waals surface area contributed by atoms with Crippen LogP contribution in [0.1, 0.15) is 36.9 Å². The van der Waals surface area contributed by atoms with Crippen LogP contribution < -0.4 is 4.74 Å². The lowest BCUT2D eigenvalue weighted by atomic mass is 10.2. The molecule has 0 aliphatic heterocycles. The van der Waals surface area contributed by atoms with Crippen molar-refractivity contribution in [3.63, 3.8) is 0 Å². The lowest BCUT2D eigenvalue weighted by molar-refractivity contribution is 0.211. The highest BCUT2D eigenvalue weighted by Crippen LogP contribution is 2.29. The van der Waals surface area contributed by atoms with Crippen molar-refractivity contribution in [3.05, 3.63) is 70.3 Å². The zero-order chi connectivity index (χ0) is 19.4. The van der Waals surface area contributed by atoms with E-state index in [0.29, 0.717) is 27.3 Å². The SMILES string of the molecule is CCc1ccc(OC(C)c2nnc(SCc3c(F)cccc3Cl)n2C)cc1. The highest BCUT2D eigenvalue weighted by atomic mass is 35.5. The van der Waals surface area contributed by atoms with Gasteiger partial charge in [0.05, 0.1) is 0 Å². The van der Waals surface area contributed by atoms with Gasteiger partial charge in [-0.25, -0.2) is 4.39 Å². The first kappa shape index (κ1) is 19.7. The molecule has 3 aromatic rings. The first-order valence-electron chi connectivity index (χ1n) is 8.70. The third-order valence-corrected chi connectivity index (χ3v) is 5.68. The van der Waals surface area contributed by atoms with Crippen LogP contribution in [0.15, 0.2) is 47.6 Å². The number of aromatic nitrogens is 3. The summed E-state index contributed by atoms with van der Waals surface area (Å²) in [7, 11) is 1.88. The Balaban J connectivity index is 1.68. The van der Waals surface area contributed by atoms with Crippen LogP contribution in [-0.2, 0) is 19.2 Å². The largest absolute Gasteiger partial charge is 0.483 e. The van der Waals surface area contributed by atoms with Crippen molar-refractivity contribution >= 4 is 23.4 Å². The van der Waals surface area contributed by atoms with Crippen LogP contribution in [0.25, 0.3) is 0 Å². The first-order valence-corrected chi connectivity index (χ1v) is 10.1. The van der Waals surface area contributed by atoms with Crippen molar-refractivity contribution in [2.45, 2.75) is 37.3 Å². The number of halogens is 2. The molecule has 0 saturated carbocycles. The van der Waals surface area contributed by atoms with Crippen molar-refractivity contribution < 1.29 is 9.13 Å². The molecule has 0 spiro atoms. The van der Waals surface area contributed by atoms with Gasteiger partial charge in [-0.1, -0.05) is 48.5 Å². The Morgan fingerprint density at radius 3 is 2.59 bits per heavy atom. The fraction of sp³-hybridized carbons (Fsp3) is 0.300. The molecule has 0 fully saturated rings. The first-order chi connectivity index (χ1) is 13.0. The second kappa shape index (κ2) is 8.76. The molecule has 2 aromatic carbocycles. The Hall–Kier alpha value is -2.05. The summed E-state index contributed by atoms with van der Waals surface area (Å²) in [6, 6.07) is 12.7. The van der Waals surface area contributed by atoms with E-state index in [9.17, 15) is 4.39 Å². The van der Waals surface area contributed by atoms with Crippen LogP contribution in [0, 0.1) is 5.82 Å². The summed E-state index contributed by atoms with van der Waals surface area (Å²) < 4.78 is 21.8. The maximum Gasteiger partial charge on any atom is 0.191 e. The number of hydrogen-bond donors (Lipinski definition) is 0. The molecule has 1 atom stereocenters. The van der Waals surface area contributed by atoms with Gasteiger partial charge < -0.3 is 9.30 Å². The van der Waals surface area contributed by atoms with Gasteiger partial charge in [0, 0.05) is 23.4 Å². The molecule has 0 aliphatic carbocycles. The van der Waals surface area contributed by atoms with Crippen molar-refractivity contribution in [1.82, 2.24) is 14.8 Å². The van der Waals surface area contributed by atoms with Crippen LogP contribution in [0.4, 0.5) is 4.39 Å². The number of benzene rings is 2. The number of rotatable bonds is 7. The Bertz CT molecular complexity index is 894. The molecular formula is C20H21ClFN3OS. The van der Waals surface area contributed by atoms with Crippen LogP contribution in [0.5, 0.6) is 5.75 Å². The van der Waals surface area contributed by atoms with E-state index in [1.807, 2.05) is 30.7 Å². The summed E-state index contributed by atoms with van der Waals surface area (Å²) in [6.45, 7) is 4.05. The van der Waals surface area contributed by atoms with E-state index >= 15 is 0 Å². The summed E-state index contributed by atoms with van der Waals surface area (Å²) in [5.41, 5.74) is 1.73. The number of aryl methyl sites for hydroxylation is 1. The molecule has 1 unspecified atom stereocenters. The smallest absolute Gasteiger partial charge is 0.191 e. The predicted molar refractivity (Wildman–Crippen MR) is 107 cm³/mol. The lowest BCUT2D eigenvalue weighted by Crippen LogP contribution is -2.10. The van der Waals surface area contributed by atoms with Gasteiger partial charge in [-0.3, -0.25) is 0 Å². The maximum absolute atomic E-state index is 13.9. The molecular weight excluding hydrogens is 385 g/mol. The highest BCUT2D eigenvalue weighted by molar-refractivity contribution is 7.98. The highest BCUT2D eigenvalue weighted by Gasteiger charge is 2.18. The normalized spacial score (nSPS) is 12.2. The Kier molecular flexibility index (Phi) is 6.39. The Morgan fingerprint density at radius 1 is 1.19 bits per heavy atom. The third kappa shape index (κ3) is 4.62. The molecule has 0 N–H and O–H groups in total. The zero-order valence-electron chi connectivity index (χ0n) is 15.4. The maximum atomic E-state index is 13.9. The van der Waals surface area contributed by atoms with Crippen LogP contribution >= 0.6 is 23.4 Å². The second-order valence-corrected chi connectivity index (χ2v) is 7.50. The quantitative estimate of drug-likeness (QED) is 0.479. The molecule has 0 radical (unpaired) electrons. The molecule has 142 valence electrons. The monoisotopic (exact) mass is 405 g/mol. The second-order valence-electron chi connectivity index (χ2n) is 6.15. The van der Waals surface area contributed by atoms with E-state index in [2.05, 4.69) is 29.3 Å². The van der Waals surface area contributed by atoms with E-state index in [4.69, 9.17) is 16.3 Å². The van der Waals surface area contributed by atoms with Gasteiger partial charge in [-0.2, -0.15) is 0 Å². The van der Waals surface area contributed by atoms with Gasteiger partial charge in [0.15, 0.2) is 17.1 Å². The molecule has 7 heteroatoms. The summed E-state index contributed by atoms with van der Waals surface area (Å²) in [6.07, 6.45) is 0.729. The molecule has 3 rings (SSSR count). The van der Waals surface area contributed by atoms with E-state index in [0.717, 1.165) is 12.2 Å². The fourth-order valence-electron chi connectivity index (χ4n) is 2.67. The molecule has 4 nitrogen and oxygen atoms in total. The fourth-order valence-corrected chi connectivity index (χ4v) is 3.93. The average Bonchev–Trinajstić information content (AvgIpc) is 3.03. The minimum Gasteiger partial charge on any atom is -0.483 e. The molecule has 0 saturated heterocycles. The Labute approximate surface area is 167 Å². The number of ether oxygens (including phenoxy) is 1. The van der Waals surface area contributed by atoms with E-state index in [1.54, 1.807) is 12.1 Å². The van der Waals surface area contributed by atoms with Crippen molar-refractivity contribution in [1.29, 1.82) is 0 Å². The summed E-state index contributed by atoms with van der Waals surface area (Å²) in [4.78, 5) is 0. The standard InChI is InChI=1S/C20H21ClFN3OS/c1-4-14-8-10-15(11-9-14)26-13(2)19-23-24-20(25(19)3)27-12-16-17(21)6-5-7-18(16)22/h5-11,13H,4,12H2,1-3H3. The molecule has 27 heavy (non-hydrogen) atoms. The van der Waals surface area contributed by atoms with Crippen molar-refractivity contribution in [2.75, 3.05) is 0 Å². The molecule has 0 aliphatic rings. The zero-order valence-corrected chi connectivity index (χ0v) is 17.0. The van der Waals surface area contributed by atoms with Gasteiger partial charge >= 0.3 is 0 Å². The summed E-state index contributed by atoms with van der Waals surface area (Å²) >= 11 is 7.47. The Morgan fingerprint density at radius 2 is 1.93 bits per heavy atom. The number of hydrogen-bond acceptors (Lipinski definition) is 4. The van der Waals surface area contributed by atoms with Gasteiger partial charge in [0.1, 0.15) is 11.6 Å². The minimum absolute atomic E-state index is 0.263. The van der Waals surface area contributed by atoms with Gasteiger partial charge in [-0.05, 0) is 43.2 Å². The van der Waals surface area contributed by atoms with Crippen LogP contribution in [-0.4, -0.2) is 14.8 Å². The summed E-state index contributed by atoms with van der Waals surface area (Å²) in [5, 5.41) is 9.55. The molecule has 0 bridgehead atoms. The lowest BCUT2D eigenvalue weighted by Gasteiger charge is -2.14. The topological polar surface area (TPSA) is 39.9 Å². The third-order valence-electron chi connectivity index (χ3n) is 4.28. The van der Waals surface area contributed by atoms with Crippen molar-refractivity contribution in [2.24, 2.45) is 7.05 Å². The van der Waals surface area contributed by atoms with Crippen LogP contribution in [0.2, 0.25) is 5.02 Å². The van der Waals surface area contributed by atoms with Crippen molar-refractivity contribution in [3.8, 4) is 5.75 Å². The van der Waals surface area contributed by atoms with E-state index in [1.165, 1.54) is 23.4 Å². The van der Waals surface area contributed by atoms with Crippen LogP contribution in [0.3, 0.4) is 0 Å². The van der Waals surface area contributed by atoms with E-state index in [-0.39, 0.29) is 11.9 Å². The predicted octanol–water partition coefficient (Wildman–Crippen LogP) is 5.60. The van der Waals surface area contributed by atoms with Gasteiger partial charge in [0.2, 0.25) is 0 Å². The number of nitrogens with zero attached hydrogens (tertiary/aromatic N) is 3. The van der Waals surface area contributed by atoms with Gasteiger partial charge in [0.25, 0.3) is 0 Å². The number of thioether (sulfide) groups is 1. The molecule has 1 aromatic heterocycles. The molecule has 1 heterocycles. The summed E-state index contributed by atoms with van der Waals surface area (Å²) in [5.74, 6) is 1.56. The average molecular weight is 406 g/mol. The van der Waals surface area contributed by atoms with Gasteiger partial charge in [-0.15, -0.1) is 10.2 Å². The van der Waals surface area contributed by atoms with E-state index < -0.39 is 0 Å². The molecule has 0 amide bonds.